The Balaban J connectivity index is 0.000000167. The summed E-state index contributed by atoms with van der Waals surface area (Å²) in [5.74, 6) is 0. The average molecular weight is 498 g/mol. The summed E-state index contributed by atoms with van der Waals surface area (Å²) in [6.07, 6.45) is 0.360. The zero-order chi connectivity index (χ0) is 21.9. The van der Waals surface area contributed by atoms with Crippen molar-refractivity contribution < 1.29 is 14.4 Å². The first-order valence-corrected chi connectivity index (χ1v) is 11.4. The van der Waals surface area contributed by atoms with Crippen LogP contribution in [0.5, 0.6) is 0 Å². The molecule has 0 aliphatic carbocycles. The molecular formula is C22H15Cl3O3S2. The number of hydrogen-bond donors (Lipinski definition) is 0. The van der Waals surface area contributed by atoms with Gasteiger partial charge in [0, 0.05) is 10.4 Å². The third-order valence-electron chi connectivity index (χ3n) is 3.58. The molecule has 2 heterocycles. The van der Waals surface area contributed by atoms with E-state index in [0.717, 1.165) is 15.6 Å². The predicted octanol–water partition coefficient (Wildman–Crippen LogP) is 7.40. The molecule has 4 rings (SSSR count). The van der Waals surface area contributed by atoms with Gasteiger partial charge in [0.25, 0.3) is 10.5 Å². The lowest BCUT2D eigenvalue weighted by Crippen LogP contribution is -1.88. The average Bonchev–Trinajstić information content (AvgIpc) is 3.42. The number of halogens is 3. The summed E-state index contributed by atoms with van der Waals surface area (Å²) in [7, 11) is 0. The summed E-state index contributed by atoms with van der Waals surface area (Å²) in [5, 5.41) is 4.81. The molecule has 0 spiro atoms. The van der Waals surface area contributed by atoms with Gasteiger partial charge in [0.15, 0.2) is 0 Å². The van der Waals surface area contributed by atoms with E-state index >= 15 is 0 Å². The number of carbonyl (C=O) groups excluding carboxylic acids is 3. The van der Waals surface area contributed by atoms with Crippen LogP contribution in [-0.2, 0) is 11.2 Å². The minimum absolute atomic E-state index is 0.294. The van der Waals surface area contributed by atoms with E-state index in [1.165, 1.54) is 11.3 Å². The molecular weight excluding hydrogens is 483 g/mol. The number of thiophene rings is 2. The minimum Gasteiger partial charge on any atom is -0.281 e. The van der Waals surface area contributed by atoms with E-state index in [4.69, 9.17) is 34.8 Å². The number of rotatable bonds is 4. The molecule has 0 unspecified atom stereocenters. The van der Waals surface area contributed by atoms with Gasteiger partial charge in [-0.1, -0.05) is 42.5 Å². The number of carbonyl (C=O) groups is 3. The molecule has 2 aromatic carbocycles. The lowest BCUT2D eigenvalue weighted by atomic mass is 10.1. The first-order chi connectivity index (χ1) is 14.4. The molecule has 0 saturated carbocycles. The van der Waals surface area contributed by atoms with Crippen molar-refractivity contribution in [3.8, 4) is 0 Å². The van der Waals surface area contributed by atoms with E-state index in [1.54, 1.807) is 35.6 Å². The first-order valence-electron chi connectivity index (χ1n) is 8.49. The third kappa shape index (κ3) is 8.38. The molecule has 8 heteroatoms. The first kappa shape index (κ1) is 24.3. The second-order valence-corrected chi connectivity index (χ2v) is 8.79. The SMILES string of the molecule is O=C(Cl)Cc1cccs1.O=C(Cl)c1ccc2ccccc2c1.O=C(Cl)c1cccs1. The normalized spacial score (nSPS) is 9.70. The van der Waals surface area contributed by atoms with Crippen LogP contribution >= 0.6 is 57.5 Å². The molecule has 0 atom stereocenters. The molecule has 0 saturated heterocycles. The highest BCUT2D eigenvalue weighted by molar-refractivity contribution is 7.14. The molecule has 0 amide bonds. The maximum absolute atomic E-state index is 10.9. The van der Waals surface area contributed by atoms with Crippen molar-refractivity contribution in [3.05, 3.63) is 92.8 Å². The van der Waals surface area contributed by atoms with Gasteiger partial charge >= 0.3 is 0 Å². The van der Waals surface area contributed by atoms with Crippen molar-refractivity contribution in [1.82, 2.24) is 0 Å². The fraction of sp³-hybridized carbons (Fsp3) is 0.0455. The highest BCUT2D eigenvalue weighted by atomic mass is 35.5. The van der Waals surface area contributed by atoms with Crippen molar-refractivity contribution >= 4 is 84.0 Å². The molecule has 0 bridgehead atoms. The quantitative estimate of drug-likeness (QED) is 0.276. The monoisotopic (exact) mass is 496 g/mol. The maximum atomic E-state index is 10.9. The van der Waals surface area contributed by atoms with Crippen molar-refractivity contribution in [2.24, 2.45) is 0 Å². The Morgan fingerprint density at radius 1 is 0.700 bits per heavy atom. The van der Waals surface area contributed by atoms with Gasteiger partial charge in [0.2, 0.25) is 5.24 Å². The van der Waals surface area contributed by atoms with Gasteiger partial charge in [0.05, 0.1) is 11.3 Å². The Morgan fingerprint density at radius 3 is 1.87 bits per heavy atom. The summed E-state index contributed by atoms with van der Waals surface area (Å²) >= 11 is 18.5. The van der Waals surface area contributed by atoms with Crippen LogP contribution in [0.4, 0.5) is 0 Å². The number of benzene rings is 2. The molecule has 154 valence electrons. The van der Waals surface area contributed by atoms with Gasteiger partial charge in [-0.2, -0.15) is 0 Å². The van der Waals surface area contributed by atoms with Crippen LogP contribution in [-0.4, -0.2) is 15.7 Å². The molecule has 30 heavy (non-hydrogen) atoms. The molecule has 0 aliphatic heterocycles. The van der Waals surface area contributed by atoms with Crippen molar-refractivity contribution in [2.45, 2.75) is 6.42 Å². The summed E-state index contributed by atoms with van der Waals surface area (Å²) in [6.45, 7) is 0. The zero-order valence-electron chi connectivity index (χ0n) is 15.4. The molecule has 0 fully saturated rings. The van der Waals surface area contributed by atoms with Crippen molar-refractivity contribution in [2.75, 3.05) is 0 Å². The fourth-order valence-corrected chi connectivity index (χ4v) is 4.05. The number of fused-ring (bicyclic) bond motifs is 1. The molecule has 2 aromatic heterocycles. The topological polar surface area (TPSA) is 51.2 Å². The van der Waals surface area contributed by atoms with Crippen LogP contribution in [0.3, 0.4) is 0 Å². The second kappa shape index (κ2) is 12.6. The molecule has 0 N–H and O–H groups in total. The summed E-state index contributed by atoms with van der Waals surface area (Å²) in [5.41, 5.74) is 0.542. The van der Waals surface area contributed by atoms with Crippen LogP contribution < -0.4 is 0 Å². The summed E-state index contributed by atoms with van der Waals surface area (Å²) in [6, 6.07) is 20.6. The minimum atomic E-state index is -0.411. The Hall–Kier alpha value is -2.02. The maximum Gasteiger partial charge on any atom is 0.262 e. The molecule has 0 radical (unpaired) electrons. The Morgan fingerprint density at radius 2 is 1.37 bits per heavy atom. The van der Waals surface area contributed by atoms with Gasteiger partial charge < -0.3 is 0 Å². The highest BCUT2D eigenvalue weighted by Crippen LogP contribution is 2.16. The molecule has 4 aromatic rings. The standard InChI is InChI=1S/C11H7ClO.C6H5ClOS.C5H3ClOS/c12-11(13)10-6-5-8-3-1-2-4-9(8)7-10;7-6(8)4-5-2-1-3-9-5;6-5(7)4-2-1-3-8-4/h1-7H;1-3H,4H2;1-3H. The van der Waals surface area contributed by atoms with Gasteiger partial charge in [-0.15, -0.1) is 22.7 Å². The van der Waals surface area contributed by atoms with Gasteiger partial charge in [-0.25, -0.2) is 0 Å². The smallest absolute Gasteiger partial charge is 0.262 e. The lowest BCUT2D eigenvalue weighted by Gasteiger charge is -1.98. The van der Waals surface area contributed by atoms with E-state index in [-0.39, 0.29) is 10.5 Å². The third-order valence-corrected chi connectivity index (χ3v) is 6.00. The lowest BCUT2D eigenvalue weighted by molar-refractivity contribution is -0.111. The molecule has 0 aliphatic rings. The van der Waals surface area contributed by atoms with E-state index < -0.39 is 5.24 Å². The van der Waals surface area contributed by atoms with Crippen LogP contribution in [0, 0.1) is 0 Å². The van der Waals surface area contributed by atoms with Crippen LogP contribution in [0.25, 0.3) is 10.8 Å². The Labute approximate surface area is 196 Å². The second-order valence-electron chi connectivity index (χ2n) is 5.70. The van der Waals surface area contributed by atoms with Gasteiger partial charge in [0.1, 0.15) is 0 Å². The van der Waals surface area contributed by atoms with Crippen molar-refractivity contribution in [1.29, 1.82) is 0 Å². The zero-order valence-corrected chi connectivity index (χ0v) is 19.3. The van der Waals surface area contributed by atoms with Crippen LogP contribution in [0.15, 0.2) is 77.5 Å². The summed E-state index contributed by atoms with van der Waals surface area (Å²) < 4.78 is 0. The van der Waals surface area contributed by atoms with E-state index in [2.05, 4.69) is 0 Å². The van der Waals surface area contributed by atoms with Gasteiger partial charge in [-0.3, -0.25) is 14.4 Å². The Bertz CT molecular complexity index is 1110. The van der Waals surface area contributed by atoms with E-state index in [9.17, 15) is 14.4 Å². The predicted molar refractivity (Wildman–Crippen MR) is 128 cm³/mol. The number of hydrogen-bond acceptors (Lipinski definition) is 5. The van der Waals surface area contributed by atoms with Crippen LogP contribution in [0.1, 0.15) is 24.9 Å². The summed E-state index contributed by atoms with van der Waals surface area (Å²) in [4.78, 5) is 33.0. The van der Waals surface area contributed by atoms with Crippen molar-refractivity contribution in [3.63, 3.8) is 0 Å². The Kier molecular flexibility index (Phi) is 10.2. The van der Waals surface area contributed by atoms with E-state index in [0.29, 0.717) is 16.9 Å². The van der Waals surface area contributed by atoms with E-state index in [1.807, 2.05) is 53.2 Å². The van der Waals surface area contributed by atoms with Gasteiger partial charge in [-0.05, 0) is 80.6 Å². The molecule has 3 nitrogen and oxygen atoms in total. The fourth-order valence-electron chi connectivity index (χ4n) is 2.25. The highest BCUT2D eigenvalue weighted by Gasteiger charge is 2.01. The van der Waals surface area contributed by atoms with Crippen LogP contribution in [0.2, 0.25) is 0 Å². The largest absolute Gasteiger partial charge is 0.281 e.